The second-order valence-electron chi connectivity index (χ2n) is 20.4. The average Bonchev–Trinajstić information content (AvgIpc) is 4.12. The fourth-order valence-corrected chi connectivity index (χ4v) is 10.1. The molecule has 0 spiro atoms. The highest BCUT2D eigenvalue weighted by Gasteiger charge is 2.37. The van der Waals surface area contributed by atoms with Gasteiger partial charge in [0.15, 0.2) is 0 Å². The fourth-order valence-electron chi connectivity index (χ4n) is 9.82. The first-order valence-corrected chi connectivity index (χ1v) is 26.8. The van der Waals surface area contributed by atoms with Crippen LogP contribution in [0.4, 0.5) is 21.9 Å². The number of rotatable bonds is 20. The number of nitrogens with one attached hydrogen (secondary N) is 6. The van der Waals surface area contributed by atoms with Crippen LogP contribution in [0.3, 0.4) is 0 Å². The number of fused-ring (bicyclic) bond motifs is 4. The normalized spacial score (nSPS) is 16.5. The second kappa shape index (κ2) is 24.9. The number of halogens is 1. The Morgan fingerprint density at radius 2 is 1.46 bits per heavy atom. The van der Waals surface area contributed by atoms with Crippen LogP contribution in [0.25, 0.3) is 21.7 Å². The minimum absolute atomic E-state index is 0.00536. The molecule has 0 aliphatic carbocycles. The summed E-state index contributed by atoms with van der Waals surface area (Å²) in [4.78, 5) is 128. The molecule has 1 saturated heterocycles. The van der Waals surface area contributed by atoms with Crippen molar-refractivity contribution in [2.45, 2.75) is 83.8 Å². The molecule has 21 heteroatoms. The quantitative estimate of drug-likeness (QED) is 0.0375. The highest BCUT2D eigenvalue weighted by atomic mass is 35.5. The van der Waals surface area contributed by atoms with Crippen LogP contribution in [0.1, 0.15) is 92.1 Å². The number of ether oxygens (including phenoxy) is 1. The fraction of sp³-hybridized carbons (Fsp3) is 0.386. The molecule has 1 aromatic heterocycles. The van der Waals surface area contributed by atoms with Crippen LogP contribution in [0.2, 0.25) is 0 Å². The van der Waals surface area contributed by atoms with Crippen LogP contribution < -0.4 is 36.2 Å². The third-order valence-electron chi connectivity index (χ3n) is 14.0. The molecule has 1 fully saturated rings. The van der Waals surface area contributed by atoms with E-state index < -0.39 is 65.6 Å². The molecule has 20 nitrogen and oxygen atoms in total. The maximum absolute atomic E-state index is 14.4. The van der Waals surface area contributed by atoms with Gasteiger partial charge in [-0.3, -0.25) is 43.3 Å². The number of anilines is 3. The summed E-state index contributed by atoms with van der Waals surface area (Å²) in [5, 5.41) is 16.1. The lowest BCUT2D eigenvalue weighted by molar-refractivity contribution is -0.137. The summed E-state index contributed by atoms with van der Waals surface area (Å²) in [5.74, 6) is -3.33. The van der Waals surface area contributed by atoms with Crippen molar-refractivity contribution in [3.63, 3.8) is 0 Å². The lowest BCUT2D eigenvalue weighted by Crippen LogP contribution is -2.55. The molecular weight excluding hydrogens is 1020 g/mol. The number of nitrogens with zero attached hydrogens (tertiary/aromatic N) is 4. The van der Waals surface area contributed by atoms with Crippen LogP contribution in [-0.4, -0.2) is 143 Å². The minimum atomic E-state index is -1.07. The van der Waals surface area contributed by atoms with E-state index in [1.807, 2.05) is 52.1 Å². The van der Waals surface area contributed by atoms with E-state index in [9.17, 15) is 43.2 Å². The van der Waals surface area contributed by atoms with Crippen molar-refractivity contribution in [3.05, 3.63) is 108 Å². The molecule has 4 aromatic carbocycles. The Morgan fingerprint density at radius 3 is 2.14 bits per heavy atom. The van der Waals surface area contributed by atoms with Gasteiger partial charge in [-0.15, -0.1) is 11.6 Å². The number of H-pyrrole nitrogens is 1. The SMILES string of the molecule is CCC[C@H](NC(=O)[C@H](C)NC(=O)[C@H](CC(C)C)NC(=O)CCCN1C(=O)C=CC1=O)C(=O)Nc1ccc(C(=O)Nc2ccc3[nH]c(C(=O)N4C[C@@H](CCl)c5c4cc(OC(=O)N4CCN(C)CC4)c4ccccc54)cc3c2)cc1. The van der Waals surface area contributed by atoms with Gasteiger partial charge in [-0.05, 0) is 98.6 Å². The minimum Gasteiger partial charge on any atom is -0.409 e. The highest BCUT2D eigenvalue weighted by molar-refractivity contribution is 6.19. The summed E-state index contributed by atoms with van der Waals surface area (Å²) in [6.07, 6.45) is 3.16. The zero-order chi connectivity index (χ0) is 55.8. The molecule has 4 heterocycles. The maximum atomic E-state index is 14.4. The average molecular weight is 1090 g/mol. The monoisotopic (exact) mass is 1080 g/mol. The van der Waals surface area contributed by atoms with Crippen LogP contribution >= 0.6 is 11.6 Å². The molecule has 0 bridgehead atoms. The van der Waals surface area contributed by atoms with E-state index in [1.165, 1.54) is 19.1 Å². The number of hydrogen-bond donors (Lipinski definition) is 6. The van der Waals surface area contributed by atoms with Crippen LogP contribution in [0.5, 0.6) is 5.75 Å². The second-order valence-corrected chi connectivity index (χ2v) is 20.7. The number of hydrogen-bond acceptors (Lipinski definition) is 11. The number of amides is 9. The zero-order valence-electron chi connectivity index (χ0n) is 44.3. The predicted molar refractivity (Wildman–Crippen MR) is 296 cm³/mol. The van der Waals surface area contributed by atoms with E-state index in [1.54, 1.807) is 64.4 Å². The lowest BCUT2D eigenvalue weighted by Gasteiger charge is -2.31. The number of imide groups is 1. The number of piperazine rings is 1. The van der Waals surface area contributed by atoms with Crippen molar-refractivity contribution in [3.8, 4) is 5.75 Å². The molecular formula is C57H65ClN10O10. The molecule has 0 radical (unpaired) electrons. The summed E-state index contributed by atoms with van der Waals surface area (Å²) < 4.78 is 6.05. The standard InChI is InChI=1S/C57H65ClN10O10/c1-6-10-43(64-52(72)34(4)59-55(75)44(27-33(2)3)63-48(69)13-9-22-67-49(70)20-21-50(67)71)54(74)60-38-16-14-35(15-17-38)53(73)61-39-18-19-42-36(28-39)29-45(62-42)56(76)68-32-37(31-58)51-41-12-8-7-11-40(41)47(30-46(51)68)78-57(77)66-25-23-65(5)24-26-66/h7-8,11-12,14-21,28-30,33-34,37,43-44,62H,6,9-10,13,22-27,31-32H2,1-5H3,(H,59,75)(H,60,74)(H,61,73)(H,63,69)(H,64,72)/t34-,37+,43-,44-/m0/s1. The largest absolute Gasteiger partial charge is 0.415 e. The van der Waals surface area contributed by atoms with Gasteiger partial charge in [0.05, 0.1) is 5.69 Å². The summed E-state index contributed by atoms with van der Waals surface area (Å²) in [7, 11) is 2.01. The van der Waals surface area contributed by atoms with Gasteiger partial charge < -0.3 is 51.0 Å². The Balaban J connectivity index is 0.857. The first-order chi connectivity index (χ1) is 37.4. The van der Waals surface area contributed by atoms with E-state index in [4.69, 9.17) is 16.3 Å². The number of benzene rings is 4. The number of likely N-dealkylation sites (N-methyl/N-ethyl adjacent to an activating group) is 1. The molecule has 9 amide bonds. The Labute approximate surface area is 456 Å². The summed E-state index contributed by atoms with van der Waals surface area (Å²) in [5.41, 5.74) is 3.64. The number of alkyl halides is 1. The Bertz CT molecular complexity index is 3150. The first kappa shape index (κ1) is 56.1. The van der Waals surface area contributed by atoms with Crippen molar-refractivity contribution in [2.24, 2.45) is 5.92 Å². The van der Waals surface area contributed by atoms with Crippen molar-refractivity contribution >= 4 is 104 Å². The van der Waals surface area contributed by atoms with Gasteiger partial charge in [0.1, 0.15) is 29.6 Å². The van der Waals surface area contributed by atoms with Gasteiger partial charge in [0, 0.05) is 109 Å². The summed E-state index contributed by atoms with van der Waals surface area (Å²) in [6.45, 7) is 10.0. The van der Waals surface area contributed by atoms with E-state index in [2.05, 4.69) is 36.5 Å². The molecule has 8 rings (SSSR count). The Morgan fingerprint density at radius 1 is 0.769 bits per heavy atom. The van der Waals surface area contributed by atoms with Gasteiger partial charge in [-0.25, -0.2) is 4.79 Å². The molecule has 410 valence electrons. The van der Waals surface area contributed by atoms with E-state index in [0.29, 0.717) is 71.0 Å². The molecule has 3 aliphatic heterocycles. The van der Waals surface area contributed by atoms with Gasteiger partial charge in [-0.1, -0.05) is 51.5 Å². The smallest absolute Gasteiger partial charge is 0.409 e. The topological polar surface area (TPSA) is 252 Å². The number of carbonyl (C=O) groups excluding carboxylic acids is 9. The lowest BCUT2D eigenvalue weighted by atomic mass is 9.95. The molecule has 4 atom stereocenters. The van der Waals surface area contributed by atoms with Crippen molar-refractivity contribution in [2.75, 3.05) is 67.7 Å². The Hall–Kier alpha value is -8.10. The van der Waals surface area contributed by atoms with Crippen molar-refractivity contribution in [1.29, 1.82) is 0 Å². The van der Waals surface area contributed by atoms with Crippen molar-refractivity contribution in [1.82, 2.24) is 35.6 Å². The number of aromatic amines is 1. The van der Waals surface area contributed by atoms with E-state index in [0.717, 1.165) is 34.3 Å². The summed E-state index contributed by atoms with van der Waals surface area (Å²) in [6, 6.07) is 19.6. The molecule has 0 unspecified atom stereocenters. The molecule has 6 N–H and O–H groups in total. The third-order valence-corrected chi connectivity index (χ3v) is 14.4. The molecule has 3 aliphatic rings. The van der Waals surface area contributed by atoms with Gasteiger partial charge in [0.25, 0.3) is 23.6 Å². The molecule has 5 aromatic rings. The van der Waals surface area contributed by atoms with Crippen molar-refractivity contribution < 1.29 is 47.9 Å². The first-order valence-electron chi connectivity index (χ1n) is 26.3. The number of aromatic nitrogens is 1. The van der Waals surface area contributed by atoms with E-state index >= 15 is 0 Å². The van der Waals surface area contributed by atoms with Crippen LogP contribution in [-0.2, 0) is 28.8 Å². The third kappa shape index (κ3) is 13.2. The van der Waals surface area contributed by atoms with Crippen LogP contribution in [0.15, 0.2) is 91.0 Å². The van der Waals surface area contributed by atoms with Gasteiger partial charge in [0.2, 0.25) is 23.6 Å². The molecule has 0 saturated carbocycles. The predicted octanol–water partition coefficient (Wildman–Crippen LogP) is 6.27. The van der Waals surface area contributed by atoms with Gasteiger partial charge in [-0.2, -0.15) is 0 Å². The van der Waals surface area contributed by atoms with Crippen LogP contribution in [0, 0.1) is 5.92 Å². The highest BCUT2D eigenvalue weighted by Crippen LogP contribution is 2.46. The van der Waals surface area contributed by atoms with E-state index in [-0.39, 0.29) is 55.9 Å². The Kier molecular flexibility index (Phi) is 17.9. The zero-order valence-corrected chi connectivity index (χ0v) is 45.0. The maximum Gasteiger partial charge on any atom is 0.415 e. The number of carbonyl (C=O) groups is 9. The summed E-state index contributed by atoms with van der Waals surface area (Å²) >= 11 is 6.56. The van der Waals surface area contributed by atoms with Gasteiger partial charge >= 0.3 is 6.09 Å². The molecule has 78 heavy (non-hydrogen) atoms.